The van der Waals surface area contributed by atoms with Gasteiger partial charge in [0.25, 0.3) is 5.56 Å². The van der Waals surface area contributed by atoms with Crippen molar-refractivity contribution in [2.24, 2.45) is 0 Å². The van der Waals surface area contributed by atoms with Crippen molar-refractivity contribution in [2.75, 3.05) is 0 Å². The van der Waals surface area contributed by atoms with Gasteiger partial charge in [-0.25, -0.2) is 23.7 Å². The first-order valence-electron chi connectivity index (χ1n) is 9.00. The first kappa shape index (κ1) is 19.8. The van der Waals surface area contributed by atoms with Crippen LogP contribution >= 0.6 is 0 Å². The van der Waals surface area contributed by atoms with E-state index in [1.165, 1.54) is 30.6 Å². The molecule has 0 aliphatic heterocycles. The van der Waals surface area contributed by atoms with E-state index in [2.05, 4.69) is 19.9 Å². The van der Waals surface area contributed by atoms with E-state index in [0.29, 0.717) is 11.3 Å². The van der Waals surface area contributed by atoms with Crippen LogP contribution < -0.4 is 5.56 Å². The summed E-state index contributed by atoms with van der Waals surface area (Å²) in [5, 5.41) is 10.0. The second kappa shape index (κ2) is 7.38. The number of aliphatic hydroxyl groups is 1. The molecular formula is C20H16F3N5O2. The number of aromatic amines is 1. The van der Waals surface area contributed by atoms with Gasteiger partial charge in [0, 0.05) is 12.6 Å². The summed E-state index contributed by atoms with van der Waals surface area (Å²) in [5.74, 6) is -2.24. The zero-order chi connectivity index (χ0) is 21.6. The van der Waals surface area contributed by atoms with Crippen molar-refractivity contribution in [3.63, 3.8) is 0 Å². The summed E-state index contributed by atoms with van der Waals surface area (Å²) in [7, 11) is 0. The van der Waals surface area contributed by atoms with Crippen molar-refractivity contribution in [3.8, 4) is 11.5 Å². The summed E-state index contributed by atoms with van der Waals surface area (Å²) >= 11 is 0. The van der Waals surface area contributed by atoms with Crippen LogP contribution in [0.2, 0.25) is 0 Å². The summed E-state index contributed by atoms with van der Waals surface area (Å²) < 4.78 is 43.0. The number of imidazole rings is 1. The molecule has 7 nitrogen and oxygen atoms in total. The van der Waals surface area contributed by atoms with Gasteiger partial charge < -0.3 is 10.1 Å². The third kappa shape index (κ3) is 3.45. The summed E-state index contributed by atoms with van der Waals surface area (Å²) in [5.41, 5.74) is 0.117. The highest BCUT2D eigenvalue weighted by atomic mass is 19.1. The second-order valence-electron chi connectivity index (χ2n) is 6.85. The molecule has 0 radical (unpaired) electrons. The predicted octanol–water partition coefficient (Wildman–Crippen LogP) is 2.85. The van der Waals surface area contributed by atoms with Gasteiger partial charge >= 0.3 is 0 Å². The van der Waals surface area contributed by atoms with Gasteiger partial charge in [-0.15, -0.1) is 0 Å². The first-order chi connectivity index (χ1) is 14.2. The molecule has 3 aromatic heterocycles. The van der Waals surface area contributed by atoms with E-state index in [1.54, 1.807) is 0 Å². The summed E-state index contributed by atoms with van der Waals surface area (Å²) in [6, 6.07) is 3.08. The van der Waals surface area contributed by atoms with E-state index in [-0.39, 0.29) is 34.9 Å². The Morgan fingerprint density at radius 1 is 1.23 bits per heavy atom. The van der Waals surface area contributed by atoms with Gasteiger partial charge in [-0.2, -0.15) is 4.39 Å². The molecular weight excluding hydrogens is 399 g/mol. The molecule has 0 aliphatic carbocycles. The largest absolute Gasteiger partial charge is 0.387 e. The standard InChI is InChI=1S/C20H16F3N5O2/c1-9-17(23)20(30)27-18(25-9)15-8-28-16(10(2)29)7-24-19(28)14(26-15)6-11-5-12(21)3-4-13(11)22/h3-5,7-8,10,29H,6H2,1-2H3,(H,25,27,30). The molecule has 0 spiro atoms. The van der Waals surface area contributed by atoms with Gasteiger partial charge in [0.05, 0.1) is 29.4 Å². The van der Waals surface area contributed by atoms with E-state index in [0.717, 1.165) is 18.2 Å². The molecule has 0 saturated carbocycles. The molecule has 0 fully saturated rings. The number of benzene rings is 1. The molecule has 2 N–H and O–H groups in total. The maximum absolute atomic E-state index is 14.2. The smallest absolute Gasteiger partial charge is 0.287 e. The Morgan fingerprint density at radius 3 is 2.70 bits per heavy atom. The van der Waals surface area contributed by atoms with Gasteiger partial charge in [0.2, 0.25) is 5.82 Å². The molecule has 30 heavy (non-hydrogen) atoms. The lowest BCUT2D eigenvalue weighted by Crippen LogP contribution is -2.16. The maximum atomic E-state index is 14.2. The van der Waals surface area contributed by atoms with Crippen molar-refractivity contribution >= 4 is 5.65 Å². The Kier molecular flexibility index (Phi) is 4.86. The molecule has 3 heterocycles. The fraction of sp³-hybridized carbons (Fsp3) is 0.200. The van der Waals surface area contributed by atoms with Crippen LogP contribution in [0.5, 0.6) is 0 Å². The number of aryl methyl sites for hydroxylation is 1. The molecule has 0 aliphatic rings. The van der Waals surface area contributed by atoms with Crippen molar-refractivity contribution in [1.82, 2.24) is 24.3 Å². The Balaban J connectivity index is 1.95. The highest BCUT2D eigenvalue weighted by Gasteiger charge is 2.18. The molecule has 0 saturated heterocycles. The van der Waals surface area contributed by atoms with Crippen LogP contribution in [-0.2, 0) is 6.42 Å². The third-order valence-electron chi connectivity index (χ3n) is 4.66. The number of aliphatic hydroxyl groups excluding tert-OH is 1. The van der Waals surface area contributed by atoms with Crippen LogP contribution in [0, 0.1) is 24.4 Å². The van der Waals surface area contributed by atoms with E-state index in [4.69, 9.17) is 0 Å². The molecule has 1 aromatic carbocycles. The Labute approximate surface area is 167 Å². The van der Waals surface area contributed by atoms with Crippen LogP contribution in [0.1, 0.15) is 35.7 Å². The number of rotatable bonds is 4. The predicted molar refractivity (Wildman–Crippen MR) is 101 cm³/mol. The summed E-state index contributed by atoms with van der Waals surface area (Å²) in [6.07, 6.45) is 1.91. The van der Waals surface area contributed by atoms with Crippen LogP contribution in [0.4, 0.5) is 13.2 Å². The minimum atomic E-state index is -1.01. The zero-order valence-electron chi connectivity index (χ0n) is 15.9. The fourth-order valence-corrected chi connectivity index (χ4v) is 3.16. The Bertz CT molecular complexity index is 1330. The monoisotopic (exact) mass is 415 g/mol. The molecule has 4 rings (SSSR count). The van der Waals surface area contributed by atoms with Crippen molar-refractivity contribution in [1.29, 1.82) is 0 Å². The van der Waals surface area contributed by atoms with E-state index >= 15 is 0 Å². The lowest BCUT2D eigenvalue weighted by Gasteiger charge is -2.11. The molecule has 4 aromatic rings. The number of hydrogen-bond donors (Lipinski definition) is 2. The minimum Gasteiger partial charge on any atom is -0.387 e. The van der Waals surface area contributed by atoms with Crippen molar-refractivity contribution in [2.45, 2.75) is 26.4 Å². The van der Waals surface area contributed by atoms with Gasteiger partial charge in [0.15, 0.2) is 11.5 Å². The average molecular weight is 415 g/mol. The summed E-state index contributed by atoms with van der Waals surface area (Å²) in [6.45, 7) is 2.88. The van der Waals surface area contributed by atoms with Crippen molar-refractivity contribution < 1.29 is 18.3 Å². The molecule has 0 bridgehead atoms. The third-order valence-corrected chi connectivity index (χ3v) is 4.66. The SMILES string of the molecule is Cc1nc(-c2cn3c(C(C)O)cnc3c(Cc3cc(F)ccc3F)n2)[nH]c(=O)c1F. The fourth-order valence-electron chi connectivity index (χ4n) is 3.16. The second-order valence-corrected chi connectivity index (χ2v) is 6.85. The highest BCUT2D eigenvalue weighted by molar-refractivity contribution is 5.56. The number of aromatic nitrogens is 5. The highest BCUT2D eigenvalue weighted by Crippen LogP contribution is 2.23. The van der Waals surface area contributed by atoms with Crippen LogP contribution in [0.25, 0.3) is 17.2 Å². The number of hydrogen-bond acceptors (Lipinski definition) is 5. The van der Waals surface area contributed by atoms with Gasteiger partial charge in [-0.05, 0) is 37.6 Å². The summed E-state index contributed by atoms with van der Waals surface area (Å²) in [4.78, 5) is 26.8. The van der Waals surface area contributed by atoms with E-state index in [1.807, 2.05) is 0 Å². The normalized spacial score (nSPS) is 12.5. The van der Waals surface area contributed by atoms with E-state index in [9.17, 15) is 23.1 Å². The van der Waals surface area contributed by atoms with E-state index < -0.39 is 29.1 Å². The molecule has 154 valence electrons. The number of halogens is 3. The molecule has 10 heteroatoms. The van der Waals surface area contributed by atoms with Gasteiger partial charge in [-0.3, -0.25) is 9.20 Å². The van der Waals surface area contributed by atoms with Crippen molar-refractivity contribution in [3.05, 3.63) is 81.0 Å². The van der Waals surface area contributed by atoms with Crippen LogP contribution in [0.3, 0.4) is 0 Å². The number of fused-ring (bicyclic) bond motifs is 1. The zero-order valence-corrected chi connectivity index (χ0v) is 15.9. The molecule has 1 atom stereocenters. The molecule has 1 unspecified atom stereocenters. The lowest BCUT2D eigenvalue weighted by atomic mass is 10.1. The lowest BCUT2D eigenvalue weighted by molar-refractivity contribution is 0.193. The molecule has 0 amide bonds. The Hall–Kier alpha value is -3.53. The van der Waals surface area contributed by atoms with Crippen LogP contribution in [0.15, 0.2) is 35.4 Å². The quantitative estimate of drug-likeness (QED) is 0.534. The minimum absolute atomic E-state index is 0.00740. The Morgan fingerprint density at radius 2 is 2.00 bits per heavy atom. The van der Waals surface area contributed by atoms with Crippen LogP contribution in [-0.4, -0.2) is 29.4 Å². The number of nitrogens with zero attached hydrogens (tertiary/aromatic N) is 4. The maximum Gasteiger partial charge on any atom is 0.287 e. The van der Waals surface area contributed by atoms with Gasteiger partial charge in [-0.1, -0.05) is 0 Å². The topological polar surface area (TPSA) is 96.2 Å². The number of H-pyrrole nitrogens is 1. The average Bonchev–Trinajstić information content (AvgIpc) is 3.13. The number of nitrogens with one attached hydrogen (secondary N) is 1. The van der Waals surface area contributed by atoms with Gasteiger partial charge in [0.1, 0.15) is 17.3 Å². The first-order valence-corrected chi connectivity index (χ1v) is 9.00.